The zero-order valence-corrected chi connectivity index (χ0v) is 14.4. The van der Waals surface area contributed by atoms with Gasteiger partial charge in [-0.15, -0.1) is 0 Å². The molecule has 0 aliphatic heterocycles. The van der Waals surface area contributed by atoms with Gasteiger partial charge in [0.15, 0.2) is 12.7 Å². The molecule has 136 valence electrons. The Bertz CT molecular complexity index is 826. The minimum atomic E-state index is -1.11. The van der Waals surface area contributed by atoms with Crippen molar-refractivity contribution in [3.63, 3.8) is 0 Å². The monoisotopic (exact) mass is 378 g/mol. The summed E-state index contributed by atoms with van der Waals surface area (Å²) in [6.07, 6.45) is -1.11. The third-order valence-corrected chi connectivity index (χ3v) is 3.39. The number of nitrogens with one attached hydrogen (secondary N) is 1. The molecule has 0 aromatic heterocycles. The topological polar surface area (TPSA) is 108 Å². The van der Waals surface area contributed by atoms with Crippen LogP contribution in [0.2, 0.25) is 5.02 Å². The summed E-state index contributed by atoms with van der Waals surface area (Å²) < 4.78 is 10.2. The molecule has 2 rings (SSSR count). The lowest BCUT2D eigenvalue weighted by Crippen LogP contribution is -2.31. The maximum absolute atomic E-state index is 12.0. The minimum Gasteiger partial charge on any atom is -0.482 e. The Kier molecular flexibility index (Phi) is 6.51. The molecule has 0 spiro atoms. The number of carbonyl (C=O) groups excluding carboxylic acids is 2. The number of anilines is 1. The van der Waals surface area contributed by atoms with Crippen molar-refractivity contribution in [2.24, 2.45) is 0 Å². The van der Waals surface area contributed by atoms with E-state index in [1.807, 2.05) is 0 Å². The van der Waals surface area contributed by atoms with Crippen molar-refractivity contribution in [2.45, 2.75) is 13.0 Å². The first-order chi connectivity index (χ1) is 12.3. The number of hydrogen-bond donors (Lipinski definition) is 1. The van der Waals surface area contributed by atoms with Gasteiger partial charge in [-0.25, -0.2) is 4.79 Å². The first-order valence-corrected chi connectivity index (χ1v) is 7.86. The number of nitro groups is 1. The molecule has 1 unspecified atom stereocenters. The number of hydrogen-bond acceptors (Lipinski definition) is 6. The van der Waals surface area contributed by atoms with Crippen molar-refractivity contribution in [1.29, 1.82) is 0 Å². The van der Waals surface area contributed by atoms with Gasteiger partial charge in [-0.2, -0.15) is 0 Å². The van der Waals surface area contributed by atoms with Crippen molar-refractivity contribution in [1.82, 2.24) is 0 Å². The van der Waals surface area contributed by atoms with Crippen LogP contribution in [0.4, 0.5) is 11.4 Å². The highest BCUT2D eigenvalue weighted by Crippen LogP contribution is 2.18. The van der Waals surface area contributed by atoms with Crippen LogP contribution in [0, 0.1) is 10.1 Å². The van der Waals surface area contributed by atoms with Gasteiger partial charge in [0.2, 0.25) is 0 Å². The second-order valence-corrected chi connectivity index (χ2v) is 5.61. The molecule has 0 aliphatic carbocycles. The van der Waals surface area contributed by atoms with E-state index in [1.165, 1.54) is 37.3 Å². The number of nitro benzene ring substituents is 1. The lowest BCUT2D eigenvalue weighted by molar-refractivity contribution is -0.384. The van der Waals surface area contributed by atoms with Crippen LogP contribution in [-0.2, 0) is 14.3 Å². The van der Waals surface area contributed by atoms with E-state index in [9.17, 15) is 19.7 Å². The second-order valence-electron chi connectivity index (χ2n) is 5.17. The SMILES string of the molecule is CC(OC(=O)COc1cccc(Cl)c1)C(=O)Nc1cccc([N+](=O)[O-])c1. The highest BCUT2D eigenvalue weighted by Gasteiger charge is 2.19. The van der Waals surface area contributed by atoms with E-state index in [0.29, 0.717) is 10.8 Å². The van der Waals surface area contributed by atoms with Crippen LogP contribution in [-0.4, -0.2) is 29.5 Å². The second kappa shape index (κ2) is 8.82. The molecule has 0 saturated carbocycles. The highest BCUT2D eigenvalue weighted by atomic mass is 35.5. The Balaban J connectivity index is 1.85. The molecule has 0 bridgehead atoms. The fraction of sp³-hybridized carbons (Fsp3) is 0.176. The molecule has 26 heavy (non-hydrogen) atoms. The number of carbonyl (C=O) groups is 2. The van der Waals surface area contributed by atoms with Gasteiger partial charge in [0.25, 0.3) is 11.6 Å². The molecule has 2 aromatic carbocycles. The maximum Gasteiger partial charge on any atom is 0.344 e. The molecule has 0 saturated heterocycles. The minimum absolute atomic E-state index is 0.164. The number of halogens is 1. The Morgan fingerprint density at radius 1 is 1.23 bits per heavy atom. The first-order valence-electron chi connectivity index (χ1n) is 7.48. The van der Waals surface area contributed by atoms with Crippen molar-refractivity contribution in [2.75, 3.05) is 11.9 Å². The van der Waals surface area contributed by atoms with Crippen molar-refractivity contribution in [3.05, 3.63) is 63.7 Å². The van der Waals surface area contributed by atoms with Gasteiger partial charge in [-0.3, -0.25) is 14.9 Å². The Labute approximate surface area is 153 Å². The summed E-state index contributed by atoms with van der Waals surface area (Å²) >= 11 is 5.80. The van der Waals surface area contributed by atoms with Crippen LogP contribution in [0.15, 0.2) is 48.5 Å². The Morgan fingerprint density at radius 2 is 1.96 bits per heavy atom. The molecule has 1 atom stereocenters. The van der Waals surface area contributed by atoms with E-state index in [2.05, 4.69) is 5.32 Å². The third-order valence-electron chi connectivity index (χ3n) is 3.15. The standard InChI is InChI=1S/C17H15ClN2O6/c1-11(17(22)19-13-5-3-6-14(9-13)20(23)24)26-16(21)10-25-15-7-2-4-12(18)8-15/h2-9,11H,10H2,1H3,(H,19,22). The number of benzene rings is 2. The zero-order valence-electron chi connectivity index (χ0n) is 13.7. The van der Waals surface area contributed by atoms with E-state index >= 15 is 0 Å². The van der Waals surface area contributed by atoms with Gasteiger partial charge in [0.1, 0.15) is 5.75 Å². The van der Waals surface area contributed by atoms with Crippen molar-refractivity contribution >= 4 is 34.9 Å². The summed E-state index contributed by atoms with van der Waals surface area (Å²) in [4.78, 5) is 33.9. The van der Waals surface area contributed by atoms with E-state index in [0.717, 1.165) is 0 Å². The van der Waals surface area contributed by atoms with E-state index < -0.39 is 29.5 Å². The summed E-state index contributed by atoms with van der Waals surface area (Å²) in [7, 11) is 0. The maximum atomic E-state index is 12.0. The summed E-state index contributed by atoms with van der Waals surface area (Å²) in [5, 5.41) is 13.6. The van der Waals surface area contributed by atoms with Gasteiger partial charge >= 0.3 is 5.97 Å². The molecule has 2 aromatic rings. The number of amides is 1. The molecule has 0 fully saturated rings. The summed E-state index contributed by atoms with van der Waals surface area (Å²) in [5.74, 6) is -0.976. The van der Waals surface area contributed by atoms with E-state index in [1.54, 1.807) is 18.2 Å². The predicted molar refractivity (Wildman–Crippen MR) is 94.2 cm³/mol. The number of ether oxygens (including phenoxy) is 2. The molecule has 1 N–H and O–H groups in total. The predicted octanol–water partition coefficient (Wildman–Crippen LogP) is 3.20. The van der Waals surface area contributed by atoms with E-state index in [-0.39, 0.29) is 11.4 Å². The summed E-state index contributed by atoms with van der Waals surface area (Å²) in [6, 6.07) is 11.9. The Morgan fingerprint density at radius 3 is 2.65 bits per heavy atom. The quantitative estimate of drug-likeness (QED) is 0.450. The van der Waals surface area contributed by atoms with Gasteiger partial charge in [0, 0.05) is 22.8 Å². The fourth-order valence-corrected chi connectivity index (χ4v) is 2.11. The number of non-ortho nitro benzene ring substituents is 1. The Hall–Kier alpha value is -3.13. The van der Waals surface area contributed by atoms with Gasteiger partial charge in [0.05, 0.1) is 4.92 Å². The smallest absolute Gasteiger partial charge is 0.344 e. The summed E-state index contributed by atoms with van der Waals surface area (Å²) in [5.41, 5.74) is 0.0599. The first kappa shape index (κ1) is 19.2. The normalized spacial score (nSPS) is 11.3. The lowest BCUT2D eigenvalue weighted by Gasteiger charge is -2.14. The number of rotatable bonds is 7. The molecule has 0 radical (unpaired) electrons. The molecule has 9 heteroatoms. The zero-order chi connectivity index (χ0) is 19.1. The van der Waals surface area contributed by atoms with Gasteiger partial charge in [-0.05, 0) is 31.2 Å². The number of nitrogens with zero attached hydrogens (tertiary/aromatic N) is 1. The summed E-state index contributed by atoms with van der Waals surface area (Å²) in [6.45, 7) is 0.985. The molecular weight excluding hydrogens is 364 g/mol. The molecule has 0 heterocycles. The fourth-order valence-electron chi connectivity index (χ4n) is 1.92. The van der Waals surface area contributed by atoms with Crippen LogP contribution in [0.5, 0.6) is 5.75 Å². The van der Waals surface area contributed by atoms with Crippen LogP contribution in [0.1, 0.15) is 6.92 Å². The number of esters is 1. The molecule has 1 amide bonds. The van der Waals surface area contributed by atoms with E-state index in [4.69, 9.17) is 21.1 Å². The van der Waals surface area contributed by atoms with Gasteiger partial charge in [-0.1, -0.05) is 23.7 Å². The highest BCUT2D eigenvalue weighted by molar-refractivity contribution is 6.30. The van der Waals surface area contributed by atoms with Crippen LogP contribution < -0.4 is 10.1 Å². The van der Waals surface area contributed by atoms with Crippen LogP contribution in [0.25, 0.3) is 0 Å². The lowest BCUT2D eigenvalue weighted by atomic mass is 10.2. The van der Waals surface area contributed by atoms with Gasteiger partial charge < -0.3 is 14.8 Å². The van der Waals surface area contributed by atoms with Crippen molar-refractivity contribution in [3.8, 4) is 5.75 Å². The third kappa shape index (κ3) is 5.75. The van der Waals surface area contributed by atoms with Crippen LogP contribution >= 0.6 is 11.6 Å². The molecular formula is C17H15ClN2O6. The molecule has 8 nitrogen and oxygen atoms in total. The largest absolute Gasteiger partial charge is 0.482 e. The van der Waals surface area contributed by atoms with Crippen LogP contribution in [0.3, 0.4) is 0 Å². The molecule has 0 aliphatic rings. The van der Waals surface area contributed by atoms with Crippen molar-refractivity contribution < 1.29 is 24.0 Å². The average Bonchev–Trinajstić information content (AvgIpc) is 2.60. The average molecular weight is 379 g/mol.